The minimum Gasteiger partial charge on any atom is -0.380 e. The monoisotopic (exact) mass is 292 g/mol. The molecule has 1 aliphatic heterocycles. The van der Waals surface area contributed by atoms with Crippen LogP contribution in [0, 0.1) is 0 Å². The molecular formula is C15H24N4O2. The van der Waals surface area contributed by atoms with E-state index < -0.39 is 0 Å². The van der Waals surface area contributed by atoms with Crippen LogP contribution in [0.2, 0.25) is 0 Å². The second kappa shape index (κ2) is 8.46. The predicted molar refractivity (Wildman–Crippen MR) is 82.4 cm³/mol. The number of rotatable bonds is 7. The first-order valence-corrected chi connectivity index (χ1v) is 7.59. The van der Waals surface area contributed by atoms with Gasteiger partial charge < -0.3 is 20.3 Å². The zero-order valence-electron chi connectivity index (χ0n) is 12.6. The number of ether oxygens (including phenoxy) is 1. The molecule has 0 atom stereocenters. The first-order valence-electron chi connectivity index (χ1n) is 7.59. The van der Waals surface area contributed by atoms with Crippen molar-refractivity contribution in [3.8, 4) is 0 Å². The van der Waals surface area contributed by atoms with E-state index in [9.17, 15) is 4.79 Å². The summed E-state index contributed by atoms with van der Waals surface area (Å²) < 4.78 is 5.15. The molecule has 0 aromatic carbocycles. The third-order valence-electron chi connectivity index (χ3n) is 3.43. The number of carbonyl (C=O) groups excluding carboxylic acids is 1. The van der Waals surface area contributed by atoms with Crippen LogP contribution in [0.3, 0.4) is 0 Å². The number of carbonyl (C=O) groups is 1. The smallest absolute Gasteiger partial charge is 0.315 e. The van der Waals surface area contributed by atoms with Gasteiger partial charge in [-0.2, -0.15) is 0 Å². The van der Waals surface area contributed by atoms with E-state index in [1.165, 1.54) is 12.8 Å². The fraction of sp³-hybridized carbons (Fsp3) is 0.600. The summed E-state index contributed by atoms with van der Waals surface area (Å²) >= 11 is 0. The zero-order chi connectivity index (χ0) is 14.9. The molecule has 0 unspecified atom stereocenters. The summed E-state index contributed by atoms with van der Waals surface area (Å²) in [6, 6.07) is 3.86. The Hall–Kier alpha value is -1.82. The molecule has 6 nitrogen and oxygen atoms in total. The maximum Gasteiger partial charge on any atom is 0.315 e. The molecule has 1 aromatic rings. The Morgan fingerprint density at radius 1 is 1.33 bits per heavy atom. The average molecular weight is 292 g/mol. The van der Waals surface area contributed by atoms with Crippen molar-refractivity contribution in [3.05, 3.63) is 23.9 Å². The molecule has 1 aliphatic rings. The van der Waals surface area contributed by atoms with Gasteiger partial charge in [-0.1, -0.05) is 6.07 Å². The SMILES string of the molecule is CCOCCNC(=O)NCc1ccc(N2CCCC2)nc1. The Bertz CT molecular complexity index is 430. The van der Waals surface area contributed by atoms with Gasteiger partial charge in [0.05, 0.1) is 6.61 Å². The fourth-order valence-corrected chi connectivity index (χ4v) is 2.28. The van der Waals surface area contributed by atoms with Crippen LogP contribution in [0.5, 0.6) is 0 Å². The highest BCUT2D eigenvalue weighted by Gasteiger charge is 2.12. The van der Waals surface area contributed by atoms with Crippen molar-refractivity contribution in [3.63, 3.8) is 0 Å². The number of nitrogens with one attached hydrogen (secondary N) is 2. The van der Waals surface area contributed by atoms with E-state index in [4.69, 9.17) is 4.74 Å². The van der Waals surface area contributed by atoms with Gasteiger partial charge in [-0.05, 0) is 31.4 Å². The maximum atomic E-state index is 11.5. The molecule has 0 saturated carbocycles. The van der Waals surface area contributed by atoms with Crippen LogP contribution in [0.25, 0.3) is 0 Å². The zero-order valence-corrected chi connectivity index (χ0v) is 12.6. The van der Waals surface area contributed by atoms with Gasteiger partial charge in [0.1, 0.15) is 5.82 Å². The van der Waals surface area contributed by atoms with Crippen LogP contribution in [0.1, 0.15) is 25.3 Å². The van der Waals surface area contributed by atoms with E-state index >= 15 is 0 Å². The largest absolute Gasteiger partial charge is 0.380 e. The molecule has 6 heteroatoms. The highest BCUT2D eigenvalue weighted by Crippen LogP contribution is 2.17. The molecule has 0 radical (unpaired) electrons. The quantitative estimate of drug-likeness (QED) is 0.748. The molecule has 2 N–H and O–H groups in total. The first kappa shape index (κ1) is 15.6. The topological polar surface area (TPSA) is 66.5 Å². The maximum absolute atomic E-state index is 11.5. The highest BCUT2D eigenvalue weighted by atomic mass is 16.5. The van der Waals surface area contributed by atoms with E-state index in [2.05, 4.69) is 20.5 Å². The van der Waals surface area contributed by atoms with Gasteiger partial charge >= 0.3 is 6.03 Å². The summed E-state index contributed by atoms with van der Waals surface area (Å²) in [6.07, 6.45) is 4.31. The second-order valence-electron chi connectivity index (χ2n) is 5.03. The Morgan fingerprint density at radius 2 is 2.14 bits per heavy atom. The lowest BCUT2D eigenvalue weighted by Gasteiger charge is -2.16. The molecule has 0 bridgehead atoms. The Balaban J connectivity index is 1.69. The van der Waals surface area contributed by atoms with Gasteiger partial charge in [-0.3, -0.25) is 0 Å². The minimum atomic E-state index is -0.182. The van der Waals surface area contributed by atoms with Crippen molar-refractivity contribution in [2.45, 2.75) is 26.3 Å². The molecular weight excluding hydrogens is 268 g/mol. The Morgan fingerprint density at radius 3 is 2.81 bits per heavy atom. The molecule has 1 saturated heterocycles. The number of urea groups is 1. The Kier molecular flexibility index (Phi) is 6.27. The number of anilines is 1. The standard InChI is InChI=1S/C15H24N4O2/c1-2-21-10-7-16-15(20)18-12-13-5-6-14(17-11-13)19-8-3-4-9-19/h5-6,11H,2-4,7-10,12H2,1H3,(H2,16,18,20). The molecule has 2 amide bonds. The van der Waals surface area contributed by atoms with Crippen molar-refractivity contribution in [1.29, 1.82) is 0 Å². The minimum absolute atomic E-state index is 0.182. The summed E-state index contributed by atoms with van der Waals surface area (Å²) in [7, 11) is 0. The van der Waals surface area contributed by atoms with Crippen molar-refractivity contribution in [2.24, 2.45) is 0 Å². The van der Waals surface area contributed by atoms with Crippen LogP contribution in [0.4, 0.5) is 10.6 Å². The fourth-order valence-electron chi connectivity index (χ4n) is 2.28. The van der Waals surface area contributed by atoms with Gasteiger partial charge in [0.2, 0.25) is 0 Å². The first-order chi connectivity index (χ1) is 10.3. The van der Waals surface area contributed by atoms with Crippen LogP contribution in [0.15, 0.2) is 18.3 Å². The van der Waals surface area contributed by atoms with Crippen LogP contribution >= 0.6 is 0 Å². The third kappa shape index (κ3) is 5.23. The number of nitrogens with zero attached hydrogens (tertiary/aromatic N) is 2. The molecule has 0 aliphatic carbocycles. The molecule has 1 fully saturated rings. The van der Waals surface area contributed by atoms with Gasteiger partial charge in [0.15, 0.2) is 0 Å². The third-order valence-corrected chi connectivity index (χ3v) is 3.43. The lowest BCUT2D eigenvalue weighted by molar-refractivity contribution is 0.149. The van der Waals surface area contributed by atoms with Gasteiger partial charge in [-0.15, -0.1) is 0 Å². The highest BCUT2D eigenvalue weighted by molar-refractivity contribution is 5.73. The second-order valence-corrected chi connectivity index (χ2v) is 5.03. The summed E-state index contributed by atoms with van der Waals surface area (Å²) in [6.45, 7) is 6.31. The summed E-state index contributed by atoms with van der Waals surface area (Å²) in [4.78, 5) is 18.3. The summed E-state index contributed by atoms with van der Waals surface area (Å²) in [5, 5.41) is 5.55. The molecule has 2 rings (SSSR count). The van der Waals surface area contributed by atoms with Crippen LogP contribution < -0.4 is 15.5 Å². The summed E-state index contributed by atoms with van der Waals surface area (Å²) in [5.41, 5.74) is 0.998. The average Bonchev–Trinajstić information content (AvgIpc) is 3.04. The number of aromatic nitrogens is 1. The summed E-state index contributed by atoms with van der Waals surface area (Å²) in [5.74, 6) is 1.03. The lowest BCUT2D eigenvalue weighted by atomic mass is 10.3. The van der Waals surface area contributed by atoms with E-state index in [1.54, 1.807) is 0 Å². The number of hydrogen-bond donors (Lipinski definition) is 2. The van der Waals surface area contributed by atoms with Crippen molar-refractivity contribution in [2.75, 3.05) is 37.7 Å². The number of pyridine rings is 1. The Labute approximate surface area is 125 Å². The number of amides is 2. The molecule has 1 aromatic heterocycles. The van der Waals surface area contributed by atoms with E-state index in [0.717, 1.165) is 24.5 Å². The molecule has 2 heterocycles. The van der Waals surface area contributed by atoms with Crippen molar-refractivity contribution < 1.29 is 9.53 Å². The van der Waals surface area contributed by atoms with Gasteiger partial charge in [0.25, 0.3) is 0 Å². The van der Waals surface area contributed by atoms with Crippen LogP contribution in [-0.4, -0.2) is 43.9 Å². The van der Waals surface area contributed by atoms with Gasteiger partial charge in [0, 0.05) is 39.0 Å². The normalized spacial score (nSPS) is 14.2. The van der Waals surface area contributed by atoms with Crippen molar-refractivity contribution >= 4 is 11.8 Å². The molecule has 116 valence electrons. The predicted octanol–water partition coefficient (Wildman–Crippen LogP) is 1.52. The van der Waals surface area contributed by atoms with Crippen LogP contribution in [-0.2, 0) is 11.3 Å². The molecule has 21 heavy (non-hydrogen) atoms. The lowest BCUT2D eigenvalue weighted by Crippen LogP contribution is -2.36. The van der Waals surface area contributed by atoms with E-state index in [1.807, 2.05) is 25.3 Å². The molecule has 0 spiro atoms. The van der Waals surface area contributed by atoms with E-state index in [-0.39, 0.29) is 6.03 Å². The van der Waals surface area contributed by atoms with Crippen molar-refractivity contribution in [1.82, 2.24) is 15.6 Å². The number of hydrogen-bond acceptors (Lipinski definition) is 4. The van der Waals surface area contributed by atoms with Gasteiger partial charge in [-0.25, -0.2) is 9.78 Å². The van der Waals surface area contributed by atoms with E-state index in [0.29, 0.717) is 26.3 Å².